The Bertz CT molecular complexity index is 1440. The maximum Gasteiger partial charge on any atom is 0.242 e. The number of amides is 1. The average Bonchev–Trinajstić information content (AvgIpc) is 3.31. The Hall–Kier alpha value is -3.29. The van der Waals surface area contributed by atoms with Crippen LogP contribution in [0.3, 0.4) is 0 Å². The number of fused-ring (bicyclic) bond motifs is 4. The van der Waals surface area contributed by atoms with Crippen LogP contribution >= 0.6 is 0 Å². The van der Waals surface area contributed by atoms with Gasteiger partial charge in [-0.3, -0.25) is 19.7 Å². The van der Waals surface area contributed by atoms with Crippen LogP contribution in [0.2, 0.25) is 0 Å². The van der Waals surface area contributed by atoms with Crippen LogP contribution in [0.5, 0.6) is 0 Å². The van der Waals surface area contributed by atoms with Crippen LogP contribution in [0, 0.1) is 0 Å². The van der Waals surface area contributed by atoms with Gasteiger partial charge in [0.1, 0.15) is 6.54 Å². The first-order valence-electron chi connectivity index (χ1n) is 14.8. The summed E-state index contributed by atoms with van der Waals surface area (Å²) in [7, 11) is 0. The molecule has 204 valence electrons. The first-order valence-corrected chi connectivity index (χ1v) is 14.8. The van der Waals surface area contributed by atoms with Gasteiger partial charge < -0.3 is 14.8 Å². The molecule has 1 aromatic carbocycles. The van der Waals surface area contributed by atoms with Crippen molar-refractivity contribution >= 4 is 27.7 Å². The Labute approximate surface area is 231 Å². The largest absolute Gasteiger partial charge is 0.339 e. The van der Waals surface area contributed by atoms with Gasteiger partial charge in [0.15, 0.2) is 0 Å². The van der Waals surface area contributed by atoms with E-state index in [-0.39, 0.29) is 5.91 Å². The van der Waals surface area contributed by atoms with Crippen molar-refractivity contribution in [3.05, 3.63) is 71.8 Å². The van der Waals surface area contributed by atoms with E-state index in [1.165, 1.54) is 41.3 Å². The van der Waals surface area contributed by atoms with Crippen LogP contribution in [-0.2, 0) is 24.3 Å². The van der Waals surface area contributed by atoms with Gasteiger partial charge in [0.05, 0.1) is 22.9 Å². The second-order valence-corrected chi connectivity index (χ2v) is 11.0. The third-order valence-electron chi connectivity index (χ3n) is 8.53. The Morgan fingerprint density at radius 1 is 1.03 bits per heavy atom. The van der Waals surface area contributed by atoms with Gasteiger partial charge in [0.25, 0.3) is 0 Å². The number of piperazine rings is 1. The minimum atomic E-state index is 0.180. The quantitative estimate of drug-likeness (QED) is 0.309. The number of nitrogens with zero attached hydrogens (tertiary/aromatic N) is 5. The number of hydrogen-bond acceptors (Lipinski definition) is 5. The summed E-state index contributed by atoms with van der Waals surface area (Å²) in [5.74, 6) is 0.180. The lowest BCUT2D eigenvalue weighted by molar-refractivity contribution is -0.132. The highest BCUT2D eigenvalue weighted by Gasteiger charge is 2.29. The maximum absolute atomic E-state index is 13.5. The summed E-state index contributed by atoms with van der Waals surface area (Å²) in [4.78, 5) is 28.0. The lowest BCUT2D eigenvalue weighted by Gasteiger charge is -2.35. The number of carbonyl (C=O) groups excluding carboxylic acids is 1. The van der Waals surface area contributed by atoms with Gasteiger partial charge in [0, 0.05) is 61.4 Å². The average molecular weight is 525 g/mol. The van der Waals surface area contributed by atoms with Gasteiger partial charge in [-0.2, -0.15) is 0 Å². The number of hydrogen-bond donors (Lipinski definition) is 1. The van der Waals surface area contributed by atoms with E-state index in [4.69, 9.17) is 9.97 Å². The van der Waals surface area contributed by atoms with Gasteiger partial charge in [-0.15, -0.1) is 0 Å². The number of unbranched alkanes of at least 4 members (excludes halogenated alkanes) is 2. The van der Waals surface area contributed by atoms with E-state index in [1.54, 1.807) is 0 Å². The molecule has 1 fully saturated rings. The van der Waals surface area contributed by atoms with Crippen molar-refractivity contribution in [2.75, 3.05) is 32.7 Å². The summed E-state index contributed by atoms with van der Waals surface area (Å²) in [6, 6.07) is 15.2. The molecular weight excluding hydrogens is 484 g/mol. The number of rotatable bonds is 9. The molecule has 1 atom stereocenters. The summed E-state index contributed by atoms with van der Waals surface area (Å²) in [5, 5.41) is 5.72. The highest BCUT2D eigenvalue weighted by atomic mass is 16.2. The van der Waals surface area contributed by atoms with Crippen LogP contribution in [0.15, 0.2) is 54.9 Å². The van der Waals surface area contributed by atoms with E-state index in [0.717, 1.165) is 75.3 Å². The first-order chi connectivity index (χ1) is 19.2. The molecule has 2 aliphatic rings. The van der Waals surface area contributed by atoms with Crippen molar-refractivity contribution < 1.29 is 4.79 Å². The summed E-state index contributed by atoms with van der Waals surface area (Å²) in [6.45, 7) is 7.61. The van der Waals surface area contributed by atoms with Crippen LogP contribution in [0.1, 0.15) is 62.0 Å². The summed E-state index contributed by atoms with van der Waals surface area (Å²) in [6.07, 6.45) is 10.9. The predicted molar refractivity (Wildman–Crippen MR) is 157 cm³/mol. The normalized spacial score (nSPS) is 17.7. The molecule has 0 unspecified atom stereocenters. The zero-order chi connectivity index (χ0) is 26.6. The summed E-state index contributed by atoms with van der Waals surface area (Å²) >= 11 is 0. The number of pyridine rings is 2. The van der Waals surface area contributed by atoms with E-state index in [0.29, 0.717) is 12.6 Å². The van der Waals surface area contributed by atoms with E-state index in [9.17, 15) is 4.79 Å². The highest BCUT2D eigenvalue weighted by Crippen LogP contribution is 2.36. The summed E-state index contributed by atoms with van der Waals surface area (Å²) in [5.41, 5.74) is 5.88. The smallest absolute Gasteiger partial charge is 0.242 e. The van der Waals surface area contributed by atoms with Gasteiger partial charge in [-0.25, -0.2) is 0 Å². The van der Waals surface area contributed by atoms with Gasteiger partial charge >= 0.3 is 0 Å². The van der Waals surface area contributed by atoms with E-state index >= 15 is 0 Å². The zero-order valence-corrected chi connectivity index (χ0v) is 23.1. The Kier molecular flexibility index (Phi) is 7.88. The molecule has 0 saturated carbocycles. The van der Waals surface area contributed by atoms with Crippen molar-refractivity contribution in [1.29, 1.82) is 0 Å². The lowest BCUT2D eigenvalue weighted by Crippen LogP contribution is -2.47. The molecule has 7 nitrogen and oxygen atoms in total. The monoisotopic (exact) mass is 524 g/mol. The van der Waals surface area contributed by atoms with Crippen molar-refractivity contribution in [3.63, 3.8) is 0 Å². The second kappa shape index (κ2) is 11.8. The molecule has 1 saturated heterocycles. The predicted octanol–water partition coefficient (Wildman–Crippen LogP) is 5.09. The highest BCUT2D eigenvalue weighted by molar-refractivity contribution is 6.09. The number of para-hydroxylation sites is 1. The second-order valence-electron chi connectivity index (χ2n) is 11.0. The molecular formula is C32H40N6O. The molecule has 4 heterocycles. The summed E-state index contributed by atoms with van der Waals surface area (Å²) < 4.78 is 2.23. The molecule has 1 aliphatic heterocycles. The van der Waals surface area contributed by atoms with Crippen LogP contribution < -0.4 is 5.32 Å². The van der Waals surface area contributed by atoms with Crippen LogP contribution in [0.25, 0.3) is 21.8 Å². The standard InChI is InChI=1S/C32H40N6O/c1-2-3-6-19-37(29-13-7-9-24-10-8-15-35-31(24)29)22-27-32-26(14-16-34-27)25-11-4-5-12-28(25)38(32)23-30(39)36-20-17-33-18-21-36/h4-5,8,10-12,14-16,29,33H,2-3,6-7,9,13,17-23H2,1H3/t29-/m0/s1. The van der Waals surface area contributed by atoms with Crippen LogP contribution in [-0.4, -0.2) is 63.0 Å². The zero-order valence-electron chi connectivity index (χ0n) is 23.1. The number of aryl methyl sites for hydroxylation is 1. The van der Waals surface area contributed by atoms with E-state index in [2.05, 4.69) is 64.2 Å². The molecule has 1 amide bonds. The third kappa shape index (κ3) is 5.30. The molecule has 4 aromatic rings. The van der Waals surface area contributed by atoms with Crippen LogP contribution in [0.4, 0.5) is 0 Å². The fraction of sp³-hybridized carbons (Fsp3) is 0.469. The fourth-order valence-corrected chi connectivity index (χ4v) is 6.55. The van der Waals surface area contributed by atoms with E-state index < -0.39 is 0 Å². The number of carbonyl (C=O) groups is 1. The molecule has 1 N–H and O–H groups in total. The molecule has 0 radical (unpaired) electrons. The Balaban J connectivity index is 1.40. The van der Waals surface area contributed by atoms with Gasteiger partial charge in [0.2, 0.25) is 5.91 Å². The molecule has 3 aromatic heterocycles. The number of aromatic nitrogens is 3. The molecule has 6 rings (SSSR count). The maximum atomic E-state index is 13.5. The topological polar surface area (TPSA) is 66.3 Å². The minimum Gasteiger partial charge on any atom is -0.339 e. The fourth-order valence-electron chi connectivity index (χ4n) is 6.55. The number of benzene rings is 1. The Morgan fingerprint density at radius 3 is 2.77 bits per heavy atom. The van der Waals surface area contributed by atoms with E-state index in [1.807, 2.05) is 17.3 Å². The number of nitrogens with one attached hydrogen (secondary N) is 1. The molecule has 0 spiro atoms. The van der Waals surface area contributed by atoms with Gasteiger partial charge in [-0.05, 0) is 56.0 Å². The van der Waals surface area contributed by atoms with Crippen molar-refractivity contribution in [3.8, 4) is 0 Å². The van der Waals surface area contributed by atoms with Crippen molar-refractivity contribution in [2.45, 2.75) is 64.6 Å². The SMILES string of the molecule is CCCCCN(Cc1nccc2c3ccccc3n(CC(=O)N3CCNCC3)c12)[C@H]1CCCc2cccnc21. The molecule has 7 heteroatoms. The lowest BCUT2D eigenvalue weighted by atomic mass is 9.90. The molecule has 0 bridgehead atoms. The molecule has 1 aliphatic carbocycles. The molecule has 39 heavy (non-hydrogen) atoms. The van der Waals surface area contributed by atoms with Crippen molar-refractivity contribution in [2.24, 2.45) is 0 Å². The van der Waals surface area contributed by atoms with Crippen molar-refractivity contribution in [1.82, 2.24) is 29.7 Å². The Morgan fingerprint density at radius 2 is 1.90 bits per heavy atom. The third-order valence-corrected chi connectivity index (χ3v) is 8.53. The first kappa shape index (κ1) is 26.0. The van der Waals surface area contributed by atoms with Gasteiger partial charge in [-0.1, -0.05) is 44.0 Å². The minimum absolute atomic E-state index is 0.180.